The fraction of sp³-hybridized carbons (Fsp3) is 0.571. The average Bonchev–Trinajstić information content (AvgIpc) is 2.43. The lowest BCUT2D eigenvalue weighted by Gasteiger charge is -2.35. The molecule has 1 fully saturated rings. The van der Waals surface area contributed by atoms with Gasteiger partial charge in [-0.15, -0.1) is 0 Å². The second-order valence-corrected chi connectivity index (χ2v) is 4.77. The van der Waals surface area contributed by atoms with E-state index in [-0.39, 0.29) is 17.6 Å². The number of carbonyl (C=O) groups is 4. The van der Waals surface area contributed by atoms with Crippen molar-refractivity contribution < 1.29 is 29.4 Å². The Bertz CT molecular complexity index is 434. The van der Waals surface area contributed by atoms with Crippen LogP contribution in [0.25, 0.3) is 0 Å². The van der Waals surface area contributed by atoms with E-state index in [1.54, 1.807) is 0 Å². The van der Waals surface area contributed by atoms with Crippen molar-refractivity contribution in [2.75, 3.05) is 6.54 Å². The van der Waals surface area contributed by atoms with Crippen molar-refractivity contribution in [2.45, 2.75) is 33.6 Å². The summed E-state index contributed by atoms with van der Waals surface area (Å²) in [6.07, 6.45) is 2.33. The first-order valence-corrected chi connectivity index (χ1v) is 6.67. The van der Waals surface area contributed by atoms with Crippen LogP contribution < -0.4 is 5.32 Å². The molecule has 3 N–H and O–H groups in total. The van der Waals surface area contributed by atoms with Crippen molar-refractivity contribution in [2.24, 2.45) is 11.3 Å². The summed E-state index contributed by atoms with van der Waals surface area (Å²) >= 11 is 0. The zero-order valence-electron chi connectivity index (χ0n) is 12.4. The third-order valence-corrected chi connectivity index (χ3v) is 3.50. The van der Waals surface area contributed by atoms with E-state index in [2.05, 4.69) is 5.32 Å². The van der Waals surface area contributed by atoms with Crippen LogP contribution >= 0.6 is 0 Å². The lowest BCUT2D eigenvalue weighted by Crippen LogP contribution is -2.55. The lowest BCUT2D eigenvalue weighted by molar-refractivity contribution is -0.148. The summed E-state index contributed by atoms with van der Waals surface area (Å²) in [5.74, 6) is -2.51. The topological polar surface area (TPSA) is 121 Å². The third-order valence-electron chi connectivity index (χ3n) is 3.50. The molecule has 0 aliphatic carbocycles. The highest BCUT2D eigenvalue weighted by molar-refractivity contribution is 6.08. The van der Waals surface area contributed by atoms with Gasteiger partial charge in [-0.3, -0.25) is 9.59 Å². The van der Waals surface area contributed by atoms with Gasteiger partial charge in [-0.1, -0.05) is 20.8 Å². The van der Waals surface area contributed by atoms with Gasteiger partial charge in [-0.25, -0.2) is 9.59 Å². The Morgan fingerprint density at radius 1 is 1.19 bits per heavy atom. The fourth-order valence-corrected chi connectivity index (χ4v) is 2.15. The molecular weight excluding hydrogens is 278 g/mol. The molecular formula is C14H21NO6. The van der Waals surface area contributed by atoms with E-state index >= 15 is 0 Å². The quantitative estimate of drug-likeness (QED) is 0.522. The van der Waals surface area contributed by atoms with Crippen LogP contribution in [-0.4, -0.2) is 40.4 Å². The molecule has 21 heavy (non-hydrogen) atoms. The Labute approximate surface area is 123 Å². The number of carboxylic acids is 2. The predicted octanol–water partition coefficient (Wildman–Crippen LogP) is 0.840. The van der Waals surface area contributed by atoms with Crippen LogP contribution in [0, 0.1) is 11.3 Å². The van der Waals surface area contributed by atoms with Crippen LogP contribution in [-0.2, 0) is 19.2 Å². The third kappa shape index (κ3) is 5.02. The molecule has 118 valence electrons. The number of nitrogens with one attached hydrogen (secondary N) is 1. The Balaban J connectivity index is 0.000000433. The number of piperidine rings is 1. The number of hydrogen-bond donors (Lipinski definition) is 3. The van der Waals surface area contributed by atoms with Crippen molar-refractivity contribution >= 4 is 23.6 Å². The maximum Gasteiger partial charge on any atom is 0.328 e. The molecule has 0 saturated carbocycles. The average molecular weight is 299 g/mol. The monoisotopic (exact) mass is 299 g/mol. The predicted molar refractivity (Wildman–Crippen MR) is 74.6 cm³/mol. The van der Waals surface area contributed by atoms with Crippen LogP contribution in [0.15, 0.2) is 12.2 Å². The smallest absolute Gasteiger partial charge is 0.328 e. The number of rotatable bonds is 4. The van der Waals surface area contributed by atoms with E-state index in [1.807, 2.05) is 20.8 Å². The van der Waals surface area contributed by atoms with Gasteiger partial charge < -0.3 is 15.5 Å². The largest absolute Gasteiger partial charge is 0.478 e. The zero-order valence-corrected chi connectivity index (χ0v) is 12.4. The Morgan fingerprint density at radius 3 is 1.90 bits per heavy atom. The molecule has 0 radical (unpaired) electrons. The number of hydrogen-bond acceptors (Lipinski definition) is 4. The number of carboxylic acid groups (broad SMARTS) is 2. The lowest BCUT2D eigenvalue weighted by atomic mass is 9.71. The van der Waals surface area contributed by atoms with Crippen molar-refractivity contribution in [3.05, 3.63) is 12.2 Å². The molecule has 1 aliphatic rings. The summed E-state index contributed by atoms with van der Waals surface area (Å²) in [5, 5.41) is 18.4. The molecule has 1 aliphatic heterocycles. The van der Waals surface area contributed by atoms with Gasteiger partial charge >= 0.3 is 11.9 Å². The number of ketones is 1. The second kappa shape index (κ2) is 8.18. The molecule has 0 unspecified atom stereocenters. The SMILES string of the molecule is CCC1(CC)C(=O)NC[C@@H](C)C1=O.O=C(O)/C=C\C(=O)O. The van der Waals surface area contributed by atoms with Gasteiger partial charge in [0.05, 0.1) is 0 Å². The summed E-state index contributed by atoms with van der Waals surface area (Å²) in [6, 6.07) is 0. The molecule has 7 heteroatoms. The van der Waals surface area contributed by atoms with Gasteiger partial charge in [0.2, 0.25) is 5.91 Å². The molecule has 0 aromatic rings. The van der Waals surface area contributed by atoms with Crippen LogP contribution in [0.2, 0.25) is 0 Å². The highest BCUT2D eigenvalue weighted by Gasteiger charge is 2.47. The molecule has 0 spiro atoms. The zero-order chi connectivity index (χ0) is 16.6. The van der Waals surface area contributed by atoms with Gasteiger partial charge in [0, 0.05) is 24.6 Å². The summed E-state index contributed by atoms with van der Waals surface area (Å²) < 4.78 is 0. The Kier molecular flexibility index (Phi) is 7.33. The van der Waals surface area contributed by atoms with Gasteiger partial charge in [0.25, 0.3) is 0 Å². The van der Waals surface area contributed by atoms with E-state index in [9.17, 15) is 19.2 Å². The van der Waals surface area contributed by atoms with E-state index < -0.39 is 17.4 Å². The molecule has 0 aromatic carbocycles. The molecule has 0 bridgehead atoms. The fourth-order valence-electron chi connectivity index (χ4n) is 2.15. The highest BCUT2D eigenvalue weighted by Crippen LogP contribution is 2.33. The molecule has 1 saturated heterocycles. The number of aliphatic carboxylic acids is 2. The van der Waals surface area contributed by atoms with Crippen molar-refractivity contribution in [3.8, 4) is 0 Å². The standard InChI is InChI=1S/C10H17NO2.C4H4O4/c1-4-10(5-2)8(12)7(3)6-11-9(10)13;5-3(6)1-2-4(7)8/h7H,4-6H2,1-3H3,(H,11,13);1-2H,(H,5,6)(H,7,8)/b;2-1-/t7-;/m1./s1. The normalized spacial score (nSPS) is 20.4. The first-order valence-electron chi connectivity index (χ1n) is 6.67. The second-order valence-electron chi connectivity index (χ2n) is 4.77. The van der Waals surface area contributed by atoms with Crippen molar-refractivity contribution in [3.63, 3.8) is 0 Å². The molecule has 7 nitrogen and oxygen atoms in total. The summed E-state index contributed by atoms with van der Waals surface area (Å²) in [7, 11) is 0. The van der Waals surface area contributed by atoms with Crippen LogP contribution in [0.5, 0.6) is 0 Å². The number of amides is 1. The minimum absolute atomic E-state index is 0.0300. The minimum atomic E-state index is -1.26. The van der Waals surface area contributed by atoms with Crippen LogP contribution in [0.4, 0.5) is 0 Å². The van der Waals surface area contributed by atoms with E-state index in [0.29, 0.717) is 31.5 Å². The molecule has 1 amide bonds. The summed E-state index contributed by atoms with van der Waals surface area (Å²) in [5.41, 5.74) is -0.738. The molecule has 1 heterocycles. The first kappa shape index (κ1) is 18.8. The van der Waals surface area contributed by atoms with E-state index in [1.165, 1.54) is 0 Å². The maximum absolute atomic E-state index is 11.9. The summed E-state index contributed by atoms with van der Waals surface area (Å²) in [4.78, 5) is 42.6. The first-order chi connectivity index (χ1) is 9.71. The molecule has 0 aromatic heterocycles. The van der Waals surface area contributed by atoms with Gasteiger partial charge in [0.1, 0.15) is 5.41 Å². The van der Waals surface area contributed by atoms with Gasteiger partial charge in [-0.05, 0) is 12.8 Å². The minimum Gasteiger partial charge on any atom is -0.478 e. The number of Topliss-reactive ketones (excluding diaryl/α,β-unsaturated/α-hetero) is 1. The Hall–Kier alpha value is -2.18. The van der Waals surface area contributed by atoms with E-state index in [4.69, 9.17) is 10.2 Å². The molecule has 1 atom stereocenters. The van der Waals surface area contributed by atoms with Crippen LogP contribution in [0.3, 0.4) is 0 Å². The summed E-state index contributed by atoms with van der Waals surface area (Å²) in [6.45, 7) is 6.18. The van der Waals surface area contributed by atoms with Crippen molar-refractivity contribution in [1.82, 2.24) is 5.32 Å². The maximum atomic E-state index is 11.9. The highest BCUT2D eigenvalue weighted by atomic mass is 16.4. The van der Waals surface area contributed by atoms with E-state index in [0.717, 1.165) is 0 Å². The number of carbonyl (C=O) groups excluding carboxylic acids is 2. The molecule has 1 rings (SSSR count). The Morgan fingerprint density at radius 2 is 1.62 bits per heavy atom. The van der Waals surface area contributed by atoms with Crippen LogP contribution in [0.1, 0.15) is 33.6 Å². The van der Waals surface area contributed by atoms with Crippen molar-refractivity contribution in [1.29, 1.82) is 0 Å². The van der Waals surface area contributed by atoms with Gasteiger partial charge in [0.15, 0.2) is 5.78 Å². The van der Waals surface area contributed by atoms with Gasteiger partial charge in [-0.2, -0.15) is 0 Å².